The van der Waals surface area contributed by atoms with E-state index in [4.69, 9.17) is 11.6 Å². The molecule has 1 aliphatic rings. The quantitative estimate of drug-likeness (QED) is 0.616. The molecule has 27 heavy (non-hydrogen) atoms. The largest absolute Gasteiger partial charge is 0.277 e. The predicted molar refractivity (Wildman–Crippen MR) is 106 cm³/mol. The molecule has 8 heteroatoms. The molecule has 0 atom stereocenters. The van der Waals surface area contributed by atoms with Gasteiger partial charge in [-0.15, -0.1) is 10.2 Å². The Morgan fingerprint density at radius 1 is 1.15 bits per heavy atom. The highest BCUT2D eigenvalue weighted by Crippen LogP contribution is 2.23. The molecule has 0 bridgehead atoms. The van der Waals surface area contributed by atoms with Crippen molar-refractivity contribution in [2.75, 3.05) is 12.3 Å². The third kappa shape index (κ3) is 4.04. The Labute approximate surface area is 165 Å². The van der Waals surface area contributed by atoms with Crippen LogP contribution in [0.4, 0.5) is 0 Å². The number of carbonyl (C=O) groups is 1. The van der Waals surface area contributed by atoms with E-state index >= 15 is 0 Å². The van der Waals surface area contributed by atoms with Gasteiger partial charge in [0, 0.05) is 11.4 Å². The second kappa shape index (κ2) is 7.94. The monoisotopic (exact) mass is 397 g/mol. The van der Waals surface area contributed by atoms with E-state index in [1.165, 1.54) is 16.8 Å². The lowest BCUT2D eigenvalue weighted by atomic mass is 10.1. The molecule has 3 aromatic rings. The fourth-order valence-corrected chi connectivity index (χ4v) is 3.78. The smallest absolute Gasteiger partial charge is 0.253 e. The fraction of sp³-hybridized carbons (Fsp3) is 0.158. The van der Waals surface area contributed by atoms with Crippen molar-refractivity contribution in [3.05, 3.63) is 71.5 Å². The van der Waals surface area contributed by atoms with Crippen LogP contribution in [0.5, 0.6) is 0 Å². The van der Waals surface area contributed by atoms with Crippen LogP contribution in [0.1, 0.15) is 12.0 Å². The van der Waals surface area contributed by atoms with Crippen LogP contribution in [0.2, 0.25) is 5.02 Å². The minimum atomic E-state index is -0.0495. The maximum absolute atomic E-state index is 12.5. The fourth-order valence-electron chi connectivity index (χ4n) is 2.80. The summed E-state index contributed by atoms with van der Waals surface area (Å²) < 4.78 is 1.81. The number of carbonyl (C=O) groups excluding carboxylic acids is 1. The molecule has 6 nitrogen and oxygen atoms in total. The summed E-state index contributed by atoms with van der Waals surface area (Å²) in [7, 11) is 0. The third-order valence-corrected chi connectivity index (χ3v) is 5.29. The van der Waals surface area contributed by atoms with E-state index in [2.05, 4.69) is 15.3 Å². The number of amides is 1. The molecular weight excluding hydrogens is 382 g/mol. The van der Waals surface area contributed by atoms with Crippen molar-refractivity contribution in [1.29, 1.82) is 0 Å². The number of halogens is 1. The first kappa shape index (κ1) is 17.8. The summed E-state index contributed by atoms with van der Waals surface area (Å²) in [5.41, 5.74) is 2.85. The molecule has 0 saturated heterocycles. The molecule has 0 aliphatic carbocycles. The average Bonchev–Trinajstić information content (AvgIpc) is 3.36. The highest BCUT2D eigenvalue weighted by Gasteiger charge is 2.22. The van der Waals surface area contributed by atoms with E-state index < -0.39 is 0 Å². The zero-order chi connectivity index (χ0) is 18.6. The number of hydrogen-bond acceptors (Lipinski definition) is 5. The Morgan fingerprint density at radius 2 is 2.00 bits per heavy atom. The maximum Gasteiger partial charge on any atom is 0.253 e. The van der Waals surface area contributed by atoms with Crippen molar-refractivity contribution in [2.24, 2.45) is 5.10 Å². The summed E-state index contributed by atoms with van der Waals surface area (Å²) in [5.74, 6) is 0.191. The topological polar surface area (TPSA) is 63.4 Å². The van der Waals surface area contributed by atoms with Gasteiger partial charge >= 0.3 is 0 Å². The van der Waals surface area contributed by atoms with Crippen molar-refractivity contribution in [3.8, 4) is 5.69 Å². The molecular formula is C19H16ClN5OS. The lowest BCUT2D eigenvalue weighted by molar-refractivity contribution is -0.127. The number of rotatable bonds is 5. The van der Waals surface area contributed by atoms with Crippen LogP contribution in [0.15, 0.2) is 71.2 Å². The number of hydrogen-bond donors (Lipinski definition) is 0. The van der Waals surface area contributed by atoms with Crippen LogP contribution >= 0.6 is 23.4 Å². The normalized spacial score (nSPS) is 13.7. The van der Waals surface area contributed by atoms with Gasteiger partial charge in [0.1, 0.15) is 6.33 Å². The van der Waals surface area contributed by atoms with Crippen LogP contribution in [-0.2, 0) is 4.79 Å². The van der Waals surface area contributed by atoms with E-state index in [-0.39, 0.29) is 11.7 Å². The Balaban J connectivity index is 1.42. The second-order valence-electron chi connectivity index (χ2n) is 5.93. The number of thioether (sulfide) groups is 1. The van der Waals surface area contributed by atoms with E-state index in [0.717, 1.165) is 23.4 Å². The van der Waals surface area contributed by atoms with E-state index in [9.17, 15) is 4.79 Å². The predicted octanol–water partition coefficient (Wildman–Crippen LogP) is 3.65. The van der Waals surface area contributed by atoms with Gasteiger partial charge in [0.25, 0.3) is 5.91 Å². The standard InChI is InChI=1S/C19H16ClN5OS/c20-15-7-4-8-16(11-15)24-13-21-22-19(24)27-12-18(26)25-10-9-17(23-25)14-5-2-1-3-6-14/h1-8,11,13H,9-10,12H2. The van der Waals surface area contributed by atoms with Crippen molar-refractivity contribution in [3.63, 3.8) is 0 Å². The van der Waals surface area contributed by atoms with Gasteiger partial charge in [0.05, 0.1) is 23.7 Å². The molecule has 4 rings (SSSR count). The summed E-state index contributed by atoms with van der Waals surface area (Å²) in [6, 6.07) is 17.3. The zero-order valence-electron chi connectivity index (χ0n) is 14.3. The number of nitrogens with zero attached hydrogens (tertiary/aromatic N) is 5. The van der Waals surface area contributed by atoms with Gasteiger partial charge in [-0.2, -0.15) is 5.10 Å². The van der Waals surface area contributed by atoms with Crippen LogP contribution in [0, 0.1) is 0 Å². The summed E-state index contributed by atoms with van der Waals surface area (Å²) in [6.07, 6.45) is 2.37. The highest BCUT2D eigenvalue weighted by atomic mass is 35.5. The van der Waals surface area contributed by atoms with Gasteiger partial charge in [-0.25, -0.2) is 5.01 Å². The first-order valence-corrected chi connectivity index (χ1v) is 9.79. The molecule has 0 radical (unpaired) electrons. The van der Waals surface area contributed by atoms with Crippen LogP contribution in [0.3, 0.4) is 0 Å². The Kier molecular flexibility index (Phi) is 5.22. The summed E-state index contributed by atoms with van der Waals surface area (Å²) >= 11 is 7.39. The summed E-state index contributed by atoms with van der Waals surface area (Å²) in [6.45, 7) is 0.602. The minimum Gasteiger partial charge on any atom is -0.277 e. The number of hydrazone groups is 1. The molecule has 0 N–H and O–H groups in total. The molecule has 0 spiro atoms. The van der Waals surface area contributed by atoms with Crippen LogP contribution in [-0.4, -0.2) is 43.7 Å². The maximum atomic E-state index is 12.5. The van der Waals surface area contributed by atoms with Crippen molar-refractivity contribution >= 4 is 35.0 Å². The zero-order valence-corrected chi connectivity index (χ0v) is 15.9. The Morgan fingerprint density at radius 3 is 2.81 bits per heavy atom. The van der Waals surface area contributed by atoms with Crippen molar-refractivity contribution in [2.45, 2.75) is 11.6 Å². The first-order chi connectivity index (χ1) is 13.2. The van der Waals surface area contributed by atoms with Crippen LogP contribution < -0.4 is 0 Å². The van der Waals surface area contributed by atoms with Gasteiger partial charge in [0.2, 0.25) is 0 Å². The highest BCUT2D eigenvalue weighted by molar-refractivity contribution is 7.99. The van der Waals surface area contributed by atoms with Gasteiger partial charge < -0.3 is 0 Å². The van der Waals surface area contributed by atoms with Crippen molar-refractivity contribution in [1.82, 2.24) is 19.8 Å². The molecule has 2 aromatic carbocycles. The lowest BCUT2D eigenvalue weighted by Gasteiger charge is -2.11. The molecule has 0 unspecified atom stereocenters. The van der Waals surface area contributed by atoms with Gasteiger partial charge in [-0.3, -0.25) is 9.36 Å². The summed E-state index contributed by atoms with van der Waals surface area (Å²) in [5, 5.41) is 15.3. The Hall–Kier alpha value is -2.64. The molecule has 0 saturated carbocycles. The van der Waals surface area contributed by atoms with Crippen LogP contribution in [0.25, 0.3) is 5.69 Å². The van der Waals surface area contributed by atoms with E-state index in [0.29, 0.717) is 16.7 Å². The SMILES string of the molecule is O=C(CSc1nncn1-c1cccc(Cl)c1)N1CCC(c2ccccc2)=N1. The van der Waals surface area contributed by atoms with Crippen molar-refractivity contribution < 1.29 is 4.79 Å². The number of benzene rings is 2. The molecule has 136 valence electrons. The molecule has 0 fully saturated rings. The molecule has 2 heterocycles. The van der Waals surface area contributed by atoms with E-state index in [1.807, 2.05) is 53.1 Å². The van der Waals surface area contributed by atoms with E-state index in [1.54, 1.807) is 12.4 Å². The third-order valence-electron chi connectivity index (χ3n) is 4.12. The molecule has 1 amide bonds. The van der Waals surface area contributed by atoms with Gasteiger partial charge in [-0.1, -0.05) is 59.8 Å². The second-order valence-corrected chi connectivity index (χ2v) is 7.31. The number of aromatic nitrogens is 3. The van der Waals surface area contributed by atoms with Gasteiger partial charge in [-0.05, 0) is 23.8 Å². The summed E-state index contributed by atoms with van der Waals surface area (Å²) in [4.78, 5) is 12.5. The average molecular weight is 398 g/mol. The lowest BCUT2D eigenvalue weighted by Crippen LogP contribution is -2.25. The molecule has 1 aliphatic heterocycles. The minimum absolute atomic E-state index is 0.0495. The molecule has 1 aromatic heterocycles. The first-order valence-electron chi connectivity index (χ1n) is 8.43. The van der Waals surface area contributed by atoms with Gasteiger partial charge in [0.15, 0.2) is 5.16 Å². The Bertz CT molecular complexity index is 989.